The maximum Gasteiger partial charge on any atom is 0.244 e. The lowest BCUT2D eigenvalue weighted by molar-refractivity contribution is -0.116. The number of amides is 1. The van der Waals surface area contributed by atoms with Crippen LogP contribution in [0.4, 0.5) is 5.82 Å². The summed E-state index contributed by atoms with van der Waals surface area (Å²) in [6, 6.07) is 14.1. The van der Waals surface area contributed by atoms with Crippen LogP contribution in [0.1, 0.15) is 26.0 Å². The van der Waals surface area contributed by atoms with Crippen LogP contribution in [0.3, 0.4) is 0 Å². The van der Waals surface area contributed by atoms with Gasteiger partial charge in [-0.3, -0.25) is 4.79 Å². The predicted octanol–water partition coefficient (Wildman–Crippen LogP) is 3.81. The van der Waals surface area contributed by atoms with Crippen molar-refractivity contribution in [3.8, 4) is 0 Å². The lowest BCUT2D eigenvalue weighted by Crippen LogP contribution is -2.39. The van der Waals surface area contributed by atoms with Gasteiger partial charge in [0.2, 0.25) is 15.9 Å². The van der Waals surface area contributed by atoms with Gasteiger partial charge < -0.3 is 9.84 Å². The Morgan fingerprint density at radius 3 is 2.59 bits per heavy atom. The summed E-state index contributed by atoms with van der Waals surface area (Å²) in [5, 5.41) is 7.78. The fourth-order valence-electron chi connectivity index (χ4n) is 3.01. The highest BCUT2D eigenvalue weighted by molar-refractivity contribution is 7.89. The first-order valence-electron chi connectivity index (χ1n) is 9.48. The van der Waals surface area contributed by atoms with Gasteiger partial charge in [-0.05, 0) is 30.7 Å². The van der Waals surface area contributed by atoms with E-state index in [1.54, 1.807) is 37.3 Å². The van der Waals surface area contributed by atoms with E-state index in [0.29, 0.717) is 23.5 Å². The molecule has 0 saturated heterocycles. The molecule has 0 aliphatic rings. The number of carbonyl (C=O) groups excluding carboxylic acids is 1. The zero-order chi connectivity index (χ0) is 21.0. The molecule has 1 heterocycles. The predicted molar refractivity (Wildman–Crippen MR) is 112 cm³/mol. The number of nitrogens with one attached hydrogen (secondary N) is 1. The number of aryl methyl sites for hydroxylation is 1. The second-order valence-corrected chi connectivity index (χ2v) is 9.28. The summed E-state index contributed by atoms with van der Waals surface area (Å²) in [5.41, 5.74) is 0. The minimum Gasteiger partial charge on any atom is -0.360 e. The molecule has 0 aliphatic heterocycles. The van der Waals surface area contributed by atoms with E-state index in [1.165, 1.54) is 4.31 Å². The van der Waals surface area contributed by atoms with Gasteiger partial charge in [0, 0.05) is 18.0 Å². The van der Waals surface area contributed by atoms with E-state index in [0.717, 1.165) is 5.39 Å². The van der Waals surface area contributed by atoms with Crippen LogP contribution in [0.5, 0.6) is 0 Å². The van der Waals surface area contributed by atoms with Crippen LogP contribution < -0.4 is 5.32 Å². The van der Waals surface area contributed by atoms with E-state index in [1.807, 2.05) is 32.0 Å². The molecule has 8 heteroatoms. The monoisotopic (exact) mass is 415 g/mol. The summed E-state index contributed by atoms with van der Waals surface area (Å²) in [7, 11) is -3.88. The molecule has 0 saturated carbocycles. The lowest BCUT2D eigenvalue weighted by atomic mass is 10.1. The van der Waals surface area contributed by atoms with Crippen LogP contribution in [-0.2, 0) is 14.8 Å². The summed E-state index contributed by atoms with van der Waals surface area (Å²) in [6.07, 6.45) is 0.639. The molecule has 2 aromatic carbocycles. The van der Waals surface area contributed by atoms with Gasteiger partial charge >= 0.3 is 0 Å². The number of carbonyl (C=O) groups is 1. The molecule has 1 aromatic heterocycles. The zero-order valence-corrected chi connectivity index (χ0v) is 17.6. The van der Waals surface area contributed by atoms with E-state index in [9.17, 15) is 13.2 Å². The average molecular weight is 416 g/mol. The first-order chi connectivity index (χ1) is 13.8. The van der Waals surface area contributed by atoms with Crippen LogP contribution in [0, 0.1) is 12.8 Å². The Balaban J connectivity index is 1.90. The number of nitrogens with zero attached hydrogens (tertiary/aromatic N) is 2. The molecule has 0 spiro atoms. The van der Waals surface area contributed by atoms with Crippen LogP contribution in [0.25, 0.3) is 10.8 Å². The van der Waals surface area contributed by atoms with Gasteiger partial charge in [-0.25, -0.2) is 8.42 Å². The highest BCUT2D eigenvalue weighted by Crippen LogP contribution is 2.26. The quantitative estimate of drug-likeness (QED) is 0.604. The number of sulfonamides is 1. The first-order valence-corrected chi connectivity index (χ1v) is 10.9. The van der Waals surface area contributed by atoms with E-state index < -0.39 is 15.9 Å². The largest absolute Gasteiger partial charge is 0.360 e. The number of rotatable bonds is 8. The highest BCUT2D eigenvalue weighted by Gasteiger charge is 2.28. The number of hydrogen-bond acceptors (Lipinski definition) is 5. The molecule has 0 radical (unpaired) electrons. The third-order valence-electron chi connectivity index (χ3n) is 4.54. The minimum atomic E-state index is -3.88. The Morgan fingerprint density at radius 2 is 1.90 bits per heavy atom. The van der Waals surface area contributed by atoms with Crippen LogP contribution >= 0.6 is 0 Å². The maximum atomic E-state index is 13.5. The van der Waals surface area contributed by atoms with Crippen molar-refractivity contribution in [1.29, 1.82) is 0 Å². The Labute approximate surface area is 170 Å². The summed E-state index contributed by atoms with van der Waals surface area (Å²) < 4.78 is 33.1. The number of hydrogen-bond donors (Lipinski definition) is 1. The van der Waals surface area contributed by atoms with Crippen LogP contribution in [0.15, 0.2) is 57.9 Å². The molecule has 154 valence electrons. The minimum absolute atomic E-state index is 0.199. The molecular formula is C21H25N3O4S. The smallest absolute Gasteiger partial charge is 0.244 e. The molecular weight excluding hydrogens is 390 g/mol. The summed E-state index contributed by atoms with van der Waals surface area (Å²) in [6.45, 7) is 5.68. The van der Waals surface area contributed by atoms with E-state index in [4.69, 9.17) is 4.52 Å². The second-order valence-electron chi connectivity index (χ2n) is 7.37. The Bertz CT molecular complexity index is 1100. The molecule has 0 fully saturated rings. The molecule has 0 aliphatic carbocycles. The maximum absolute atomic E-state index is 13.5. The average Bonchev–Trinajstić information content (AvgIpc) is 3.08. The van der Waals surface area contributed by atoms with Gasteiger partial charge in [0.05, 0.1) is 11.4 Å². The fourth-order valence-corrected chi connectivity index (χ4v) is 4.64. The zero-order valence-electron chi connectivity index (χ0n) is 16.8. The molecule has 1 N–H and O–H groups in total. The van der Waals surface area contributed by atoms with Gasteiger partial charge in [0.15, 0.2) is 5.82 Å². The number of aromatic nitrogens is 1. The second kappa shape index (κ2) is 8.75. The number of benzene rings is 2. The van der Waals surface area contributed by atoms with Gasteiger partial charge in [-0.2, -0.15) is 4.31 Å². The SMILES string of the molecule is Cc1cc(NC(=O)CN(CCC(C)C)S(=O)(=O)c2cccc3ccccc23)no1. The van der Waals surface area contributed by atoms with Crippen molar-refractivity contribution in [2.45, 2.75) is 32.1 Å². The first kappa shape index (κ1) is 21.0. The molecule has 0 atom stereocenters. The molecule has 3 aromatic rings. The van der Waals surface area contributed by atoms with E-state index >= 15 is 0 Å². The summed E-state index contributed by atoms with van der Waals surface area (Å²) in [5.74, 6) is 0.645. The molecule has 29 heavy (non-hydrogen) atoms. The molecule has 7 nitrogen and oxygen atoms in total. The molecule has 0 bridgehead atoms. The lowest BCUT2D eigenvalue weighted by Gasteiger charge is -2.23. The standard InChI is InChI=1S/C21H25N3O4S/c1-15(2)11-12-24(14-21(25)22-20-13-16(3)28-23-20)29(26,27)19-10-6-8-17-7-4-5-9-18(17)19/h4-10,13,15H,11-12,14H2,1-3H3,(H,22,23,25). The summed E-state index contributed by atoms with van der Waals surface area (Å²) in [4.78, 5) is 12.7. The third kappa shape index (κ3) is 5.02. The van der Waals surface area contributed by atoms with Crippen molar-refractivity contribution >= 4 is 32.5 Å². The molecule has 0 unspecified atom stereocenters. The highest BCUT2D eigenvalue weighted by atomic mass is 32.2. The molecule has 1 amide bonds. The van der Waals surface area contributed by atoms with Crippen molar-refractivity contribution in [1.82, 2.24) is 9.46 Å². The topological polar surface area (TPSA) is 92.5 Å². The van der Waals surface area contributed by atoms with Crippen molar-refractivity contribution in [3.05, 3.63) is 54.3 Å². The van der Waals surface area contributed by atoms with Gasteiger partial charge in [-0.15, -0.1) is 0 Å². The van der Waals surface area contributed by atoms with Gasteiger partial charge in [-0.1, -0.05) is 55.4 Å². The van der Waals surface area contributed by atoms with E-state index in [-0.39, 0.29) is 23.8 Å². The third-order valence-corrected chi connectivity index (χ3v) is 6.44. The Kier molecular flexibility index (Phi) is 6.34. The van der Waals surface area contributed by atoms with Gasteiger partial charge in [0.25, 0.3) is 0 Å². The number of fused-ring (bicyclic) bond motifs is 1. The Morgan fingerprint density at radius 1 is 1.17 bits per heavy atom. The number of anilines is 1. The van der Waals surface area contributed by atoms with Crippen LogP contribution in [-0.4, -0.2) is 36.9 Å². The van der Waals surface area contributed by atoms with Crippen molar-refractivity contribution in [3.63, 3.8) is 0 Å². The van der Waals surface area contributed by atoms with E-state index in [2.05, 4.69) is 10.5 Å². The van der Waals surface area contributed by atoms with Gasteiger partial charge in [0.1, 0.15) is 5.76 Å². The Hall–Kier alpha value is -2.71. The van der Waals surface area contributed by atoms with Crippen LogP contribution in [0.2, 0.25) is 0 Å². The van der Waals surface area contributed by atoms with Crippen molar-refractivity contribution < 1.29 is 17.7 Å². The van der Waals surface area contributed by atoms with Crippen molar-refractivity contribution in [2.75, 3.05) is 18.4 Å². The van der Waals surface area contributed by atoms with Crippen molar-refractivity contribution in [2.24, 2.45) is 5.92 Å². The fraction of sp³-hybridized carbons (Fsp3) is 0.333. The molecule has 3 rings (SSSR count). The normalized spacial score (nSPS) is 12.0. The summed E-state index contributed by atoms with van der Waals surface area (Å²) >= 11 is 0.